The first-order chi connectivity index (χ1) is 12.8. The lowest BCUT2D eigenvalue weighted by atomic mass is 10.0. The molecule has 2 aromatic heterocycles. The first kappa shape index (κ1) is 19.3. The molecule has 0 fully saturated rings. The van der Waals surface area contributed by atoms with E-state index < -0.39 is 17.8 Å². The summed E-state index contributed by atoms with van der Waals surface area (Å²) in [6.45, 7) is 0.327. The van der Waals surface area contributed by atoms with E-state index in [-0.39, 0.29) is 11.6 Å². The number of hydrogen-bond donors (Lipinski definition) is 1. The molecule has 0 aliphatic heterocycles. The van der Waals surface area contributed by atoms with E-state index in [0.29, 0.717) is 6.54 Å². The normalized spacial score (nSPS) is 13.1. The highest BCUT2D eigenvalue weighted by atomic mass is 32.1. The van der Waals surface area contributed by atoms with Crippen molar-refractivity contribution >= 4 is 27.3 Å². The van der Waals surface area contributed by atoms with Crippen LogP contribution >= 0.6 is 11.3 Å². The van der Waals surface area contributed by atoms with E-state index in [1.165, 1.54) is 0 Å². The van der Waals surface area contributed by atoms with Gasteiger partial charge in [-0.2, -0.15) is 13.2 Å². The Hall–Kier alpha value is -2.45. The van der Waals surface area contributed by atoms with Gasteiger partial charge in [0.2, 0.25) is 0 Å². The smallest absolute Gasteiger partial charge is 0.350 e. The van der Waals surface area contributed by atoms with Crippen LogP contribution in [0.2, 0.25) is 0 Å². The van der Waals surface area contributed by atoms with Crippen LogP contribution in [-0.4, -0.2) is 36.4 Å². The van der Waals surface area contributed by atoms with Gasteiger partial charge in [-0.25, -0.2) is 0 Å². The molecule has 4 nitrogen and oxygen atoms in total. The van der Waals surface area contributed by atoms with Gasteiger partial charge >= 0.3 is 6.18 Å². The summed E-state index contributed by atoms with van der Waals surface area (Å²) in [4.78, 5) is 17.6. The van der Waals surface area contributed by atoms with E-state index in [0.717, 1.165) is 34.0 Å². The molecule has 8 heteroatoms. The van der Waals surface area contributed by atoms with Crippen LogP contribution in [-0.2, 0) is 6.18 Å². The molecule has 142 valence electrons. The third-order valence-corrected chi connectivity index (χ3v) is 5.25. The number of nitrogens with one attached hydrogen (secondary N) is 1. The van der Waals surface area contributed by atoms with Gasteiger partial charge in [-0.15, -0.1) is 11.3 Å². The molecular formula is C19H18F3N3OS. The summed E-state index contributed by atoms with van der Waals surface area (Å²) >= 11 is 1.64. The van der Waals surface area contributed by atoms with Crippen LogP contribution in [0.5, 0.6) is 0 Å². The lowest BCUT2D eigenvalue weighted by Crippen LogP contribution is -2.34. The van der Waals surface area contributed by atoms with Crippen molar-refractivity contribution in [1.29, 1.82) is 0 Å². The number of alkyl halides is 3. The van der Waals surface area contributed by atoms with Crippen LogP contribution in [0.3, 0.4) is 0 Å². The van der Waals surface area contributed by atoms with Gasteiger partial charge in [-0.1, -0.05) is 18.2 Å². The van der Waals surface area contributed by atoms with Crippen molar-refractivity contribution in [3.05, 3.63) is 64.8 Å². The SMILES string of the molecule is CN(C)[C@@H](CNC(=O)c1ccc(C(F)(F)F)nc1)c1csc2ccccc12. The van der Waals surface area contributed by atoms with Crippen molar-refractivity contribution in [3.63, 3.8) is 0 Å². The van der Waals surface area contributed by atoms with Crippen LogP contribution in [0.25, 0.3) is 10.1 Å². The third-order valence-electron chi connectivity index (χ3n) is 4.27. The molecule has 0 saturated heterocycles. The Kier molecular flexibility index (Phi) is 5.48. The molecule has 2 heterocycles. The summed E-state index contributed by atoms with van der Waals surface area (Å²) in [5, 5.41) is 6.00. The Bertz CT molecular complexity index is 935. The van der Waals surface area contributed by atoms with Gasteiger partial charge in [0.25, 0.3) is 5.91 Å². The van der Waals surface area contributed by atoms with Crippen LogP contribution in [0.1, 0.15) is 27.7 Å². The number of hydrogen-bond acceptors (Lipinski definition) is 4. The molecule has 1 N–H and O–H groups in total. The second-order valence-electron chi connectivity index (χ2n) is 6.31. The van der Waals surface area contributed by atoms with E-state index in [9.17, 15) is 18.0 Å². The largest absolute Gasteiger partial charge is 0.433 e. The maximum Gasteiger partial charge on any atom is 0.433 e. The number of halogens is 3. The van der Waals surface area contributed by atoms with E-state index in [1.807, 2.05) is 43.3 Å². The Morgan fingerprint density at radius 1 is 1.22 bits per heavy atom. The minimum atomic E-state index is -4.52. The van der Waals surface area contributed by atoms with E-state index >= 15 is 0 Å². The zero-order valence-electron chi connectivity index (χ0n) is 14.7. The number of likely N-dealkylation sites (N-methyl/N-ethyl adjacent to an activating group) is 1. The lowest BCUT2D eigenvalue weighted by molar-refractivity contribution is -0.141. The number of benzene rings is 1. The molecule has 3 aromatic rings. The zero-order valence-corrected chi connectivity index (χ0v) is 15.6. The average molecular weight is 393 g/mol. The Labute approximate surface area is 158 Å². The zero-order chi connectivity index (χ0) is 19.6. The van der Waals surface area contributed by atoms with Crippen LogP contribution in [0.15, 0.2) is 48.0 Å². The molecule has 0 saturated carbocycles. The second-order valence-corrected chi connectivity index (χ2v) is 7.22. The number of pyridine rings is 1. The summed E-state index contributed by atoms with van der Waals surface area (Å²) in [5.41, 5.74) is 0.178. The summed E-state index contributed by atoms with van der Waals surface area (Å²) in [6.07, 6.45) is -3.58. The molecule has 0 spiro atoms. The fourth-order valence-electron chi connectivity index (χ4n) is 2.81. The van der Waals surface area contributed by atoms with Gasteiger partial charge in [-0.3, -0.25) is 9.78 Å². The monoisotopic (exact) mass is 393 g/mol. The van der Waals surface area contributed by atoms with Crippen molar-refractivity contribution < 1.29 is 18.0 Å². The summed E-state index contributed by atoms with van der Waals surface area (Å²) in [5.74, 6) is -0.456. The highest BCUT2D eigenvalue weighted by molar-refractivity contribution is 7.17. The van der Waals surface area contributed by atoms with Gasteiger partial charge in [0.15, 0.2) is 0 Å². The van der Waals surface area contributed by atoms with Gasteiger partial charge in [0.05, 0.1) is 11.6 Å². The van der Waals surface area contributed by atoms with Crippen molar-refractivity contribution in [3.8, 4) is 0 Å². The van der Waals surface area contributed by atoms with Crippen molar-refractivity contribution in [2.45, 2.75) is 12.2 Å². The maximum absolute atomic E-state index is 12.6. The molecule has 0 unspecified atom stereocenters. The number of aromatic nitrogens is 1. The predicted molar refractivity (Wildman–Crippen MR) is 99.8 cm³/mol. The molecule has 3 rings (SSSR count). The Balaban J connectivity index is 1.74. The lowest BCUT2D eigenvalue weighted by Gasteiger charge is -2.24. The van der Waals surface area contributed by atoms with Crippen LogP contribution < -0.4 is 5.32 Å². The molecule has 0 radical (unpaired) electrons. The van der Waals surface area contributed by atoms with Gasteiger partial charge < -0.3 is 10.2 Å². The summed E-state index contributed by atoms with van der Waals surface area (Å²) in [6, 6.07) is 9.92. The van der Waals surface area contributed by atoms with Crippen LogP contribution in [0.4, 0.5) is 13.2 Å². The first-order valence-electron chi connectivity index (χ1n) is 8.21. The number of thiophene rings is 1. The maximum atomic E-state index is 12.6. The Morgan fingerprint density at radius 2 is 1.96 bits per heavy atom. The van der Waals surface area contributed by atoms with E-state index in [1.54, 1.807) is 11.3 Å². The molecule has 1 atom stereocenters. The number of nitrogens with zero attached hydrogens (tertiary/aromatic N) is 2. The minimum Gasteiger partial charge on any atom is -0.350 e. The van der Waals surface area contributed by atoms with Gasteiger partial charge in [0, 0.05) is 17.4 Å². The molecule has 0 bridgehead atoms. The number of carbonyl (C=O) groups is 1. The molecule has 0 aliphatic rings. The summed E-state index contributed by atoms with van der Waals surface area (Å²) in [7, 11) is 3.84. The molecule has 27 heavy (non-hydrogen) atoms. The third kappa shape index (κ3) is 4.28. The van der Waals surface area contributed by atoms with Crippen molar-refractivity contribution in [2.75, 3.05) is 20.6 Å². The topological polar surface area (TPSA) is 45.2 Å². The molecular weight excluding hydrogens is 375 g/mol. The minimum absolute atomic E-state index is 0.0625. The fraction of sp³-hybridized carbons (Fsp3) is 0.263. The van der Waals surface area contributed by atoms with Gasteiger partial charge in [0.1, 0.15) is 5.69 Å². The number of carbonyl (C=O) groups excluding carboxylic acids is 1. The van der Waals surface area contributed by atoms with Crippen molar-refractivity contribution in [1.82, 2.24) is 15.2 Å². The fourth-order valence-corrected chi connectivity index (χ4v) is 3.82. The molecule has 0 aliphatic carbocycles. The predicted octanol–water partition coefficient (Wildman–Crippen LogP) is 4.35. The Morgan fingerprint density at radius 3 is 2.59 bits per heavy atom. The van der Waals surface area contributed by atoms with Crippen molar-refractivity contribution in [2.24, 2.45) is 0 Å². The van der Waals surface area contributed by atoms with Gasteiger partial charge in [-0.05, 0) is 48.6 Å². The van der Waals surface area contributed by atoms with E-state index in [2.05, 4.69) is 15.7 Å². The summed E-state index contributed by atoms with van der Waals surface area (Å²) < 4.78 is 38.9. The molecule has 1 aromatic carbocycles. The highest BCUT2D eigenvalue weighted by Gasteiger charge is 2.32. The first-order valence-corrected chi connectivity index (χ1v) is 9.09. The standard InChI is InChI=1S/C19H18F3N3OS/c1-25(2)15(14-11-27-16-6-4-3-5-13(14)16)10-24-18(26)12-7-8-17(23-9-12)19(20,21)22/h3-9,11,15H,10H2,1-2H3,(H,24,26)/t15-/m0/s1. The van der Waals surface area contributed by atoms with Crippen LogP contribution in [0, 0.1) is 0 Å². The number of amides is 1. The highest BCUT2D eigenvalue weighted by Crippen LogP contribution is 2.32. The molecule has 1 amide bonds. The number of rotatable bonds is 5. The second kappa shape index (κ2) is 7.66. The quantitative estimate of drug-likeness (QED) is 0.701. The average Bonchev–Trinajstić information content (AvgIpc) is 3.05. The van der Waals surface area contributed by atoms with E-state index in [4.69, 9.17) is 0 Å². The number of fused-ring (bicyclic) bond motifs is 1.